The summed E-state index contributed by atoms with van der Waals surface area (Å²) in [5, 5.41) is 4.37. The van der Waals surface area contributed by atoms with Gasteiger partial charge in [0.1, 0.15) is 5.82 Å². The number of anilines is 1. The van der Waals surface area contributed by atoms with Crippen LogP contribution < -0.4 is 4.90 Å². The van der Waals surface area contributed by atoms with Crippen molar-refractivity contribution in [3.05, 3.63) is 66.5 Å². The molecule has 1 atom stereocenters. The fraction of sp³-hybridized carbons (Fsp3) is 0.227. The van der Waals surface area contributed by atoms with E-state index >= 15 is 0 Å². The zero-order valence-electron chi connectivity index (χ0n) is 16.4. The second kappa shape index (κ2) is 8.28. The number of ether oxygens (including phenoxy) is 1. The topological polar surface area (TPSA) is 94.4 Å². The summed E-state index contributed by atoms with van der Waals surface area (Å²) in [6.45, 7) is 2.01. The van der Waals surface area contributed by atoms with Gasteiger partial charge in [0.25, 0.3) is 11.8 Å². The largest absolute Gasteiger partial charge is 0.465 e. The van der Waals surface area contributed by atoms with E-state index in [1.165, 1.54) is 4.90 Å². The predicted molar refractivity (Wildman–Crippen MR) is 109 cm³/mol. The Morgan fingerprint density at radius 2 is 1.80 bits per heavy atom. The van der Waals surface area contributed by atoms with E-state index in [1.807, 2.05) is 30.3 Å². The van der Waals surface area contributed by atoms with Gasteiger partial charge >= 0.3 is 5.97 Å². The number of esters is 1. The quantitative estimate of drug-likeness (QED) is 0.462. The Morgan fingerprint density at radius 3 is 2.50 bits per heavy atom. The third-order valence-electron chi connectivity index (χ3n) is 4.90. The second-order valence-corrected chi connectivity index (χ2v) is 6.78. The van der Waals surface area contributed by atoms with Crippen LogP contribution in [0, 0.1) is 5.92 Å². The van der Waals surface area contributed by atoms with Crippen molar-refractivity contribution in [1.29, 1.82) is 0 Å². The van der Waals surface area contributed by atoms with Gasteiger partial charge in [-0.05, 0) is 31.0 Å². The van der Waals surface area contributed by atoms with Gasteiger partial charge in [-0.1, -0.05) is 30.3 Å². The highest BCUT2D eigenvalue weighted by Gasteiger charge is 2.46. The lowest BCUT2D eigenvalue weighted by atomic mass is 10.0. The molecule has 8 heteroatoms. The van der Waals surface area contributed by atoms with Gasteiger partial charge in [-0.2, -0.15) is 9.78 Å². The number of carbonyl (C=O) groups excluding carboxylic acids is 3. The Bertz CT molecular complexity index is 1080. The van der Waals surface area contributed by atoms with Crippen LogP contribution >= 0.6 is 0 Å². The maximum absolute atomic E-state index is 13.1. The predicted octanol–water partition coefficient (Wildman–Crippen LogP) is 2.35. The molecule has 152 valence electrons. The van der Waals surface area contributed by atoms with Crippen molar-refractivity contribution in [3.63, 3.8) is 0 Å². The Hall–Kier alpha value is -3.81. The molecule has 1 aliphatic rings. The van der Waals surface area contributed by atoms with E-state index in [9.17, 15) is 14.4 Å². The van der Waals surface area contributed by atoms with E-state index in [1.54, 1.807) is 37.5 Å². The maximum Gasteiger partial charge on any atom is 0.328 e. The molecule has 0 saturated carbocycles. The van der Waals surface area contributed by atoms with Crippen LogP contribution in [-0.4, -0.2) is 45.7 Å². The summed E-state index contributed by atoms with van der Waals surface area (Å²) >= 11 is 0. The van der Waals surface area contributed by atoms with Crippen molar-refractivity contribution in [2.45, 2.75) is 13.3 Å². The van der Waals surface area contributed by atoms with Crippen LogP contribution in [0.5, 0.6) is 0 Å². The zero-order valence-corrected chi connectivity index (χ0v) is 16.4. The number of nitrogens with zero attached hydrogens (tertiary/aromatic N) is 4. The summed E-state index contributed by atoms with van der Waals surface area (Å²) in [5.41, 5.74) is 2.31. The fourth-order valence-corrected chi connectivity index (χ4v) is 3.42. The summed E-state index contributed by atoms with van der Waals surface area (Å²) in [6.07, 6.45) is 3.80. The molecule has 3 heterocycles. The summed E-state index contributed by atoms with van der Waals surface area (Å²) in [5.74, 6) is -3.37. The minimum atomic E-state index is -1.56. The van der Waals surface area contributed by atoms with Crippen LogP contribution in [0.3, 0.4) is 0 Å². The monoisotopic (exact) mass is 404 g/mol. The highest BCUT2D eigenvalue weighted by atomic mass is 16.5. The van der Waals surface area contributed by atoms with E-state index in [2.05, 4.69) is 10.1 Å². The average molecular weight is 404 g/mol. The first-order chi connectivity index (χ1) is 14.6. The molecule has 0 N–H and O–H groups in total. The molecule has 0 fully saturated rings. The van der Waals surface area contributed by atoms with Crippen molar-refractivity contribution < 1.29 is 19.1 Å². The molecule has 0 aliphatic carbocycles. The Balaban J connectivity index is 1.73. The number of rotatable bonds is 6. The van der Waals surface area contributed by atoms with E-state index in [4.69, 9.17) is 4.74 Å². The molecule has 0 spiro atoms. The highest BCUT2D eigenvalue weighted by Crippen LogP contribution is 2.30. The Kier molecular flexibility index (Phi) is 5.38. The Morgan fingerprint density at radius 1 is 1.07 bits per heavy atom. The molecule has 1 amide bonds. The van der Waals surface area contributed by atoms with Gasteiger partial charge in [0.05, 0.1) is 12.3 Å². The van der Waals surface area contributed by atoms with Gasteiger partial charge < -0.3 is 4.74 Å². The minimum absolute atomic E-state index is 0.0775. The van der Waals surface area contributed by atoms with Gasteiger partial charge in [-0.25, -0.2) is 0 Å². The van der Waals surface area contributed by atoms with Crippen molar-refractivity contribution >= 4 is 23.6 Å². The smallest absolute Gasteiger partial charge is 0.328 e. The molecule has 2 aromatic heterocycles. The first-order valence-electron chi connectivity index (χ1n) is 9.66. The summed E-state index contributed by atoms with van der Waals surface area (Å²) in [4.78, 5) is 43.9. The zero-order chi connectivity index (χ0) is 21.1. The molecule has 1 unspecified atom stereocenters. The molecular weight excluding hydrogens is 384 g/mol. The van der Waals surface area contributed by atoms with Gasteiger partial charge in [0.15, 0.2) is 0 Å². The normalized spacial score (nSPS) is 15.8. The van der Waals surface area contributed by atoms with Crippen molar-refractivity contribution in [3.8, 4) is 11.3 Å². The van der Waals surface area contributed by atoms with Gasteiger partial charge in [-0.15, -0.1) is 0 Å². The lowest BCUT2D eigenvalue weighted by molar-refractivity contribution is -0.149. The van der Waals surface area contributed by atoms with Crippen LogP contribution in [-0.2, 0) is 20.7 Å². The van der Waals surface area contributed by atoms with E-state index in [-0.39, 0.29) is 6.61 Å². The SMILES string of the molecule is CCOC(=O)C1C(=O)N(CCc2ccccc2)c2cc(-c3ccncc3)nn2C1=O. The fourth-order valence-electron chi connectivity index (χ4n) is 3.42. The lowest BCUT2D eigenvalue weighted by Crippen LogP contribution is -2.51. The number of fused-ring (bicyclic) bond motifs is 1. The molecule has 30 heavy (non-hydrogen) atoms. The molecular formula is C22H20N4O4. The van der Waals surface area contributed by atoms with E-state index < -0.39 is 23.7 Å². The number of hydrogen-bond acceptors (Lipinski definition) is 6. The van der Waals surface area contributed by atoms with E-state index in [0.717, 1.165) is 15.8 Å². The Labute approximate surface area is 173 Å². The third-order valence-corrected chi connectivity index (χ3v) is 4.90. The molecule has 1 aliphatic heterocycles. The maximum atomic E-state index is 13.1. The van der Waals surface area contributed by atoms with Crippen molar-refractivity contribution in [1.82, 2.24) is 14.8 Å². The van der Waals surface area contributed by atoms with Crippen LogP contribution in [0.1, 0.15) is 17.3 Å². The number of hydrogen-bond donors (Lipinski definition) is 0. The standard InChI is InChI=1S/C22H20N4O4/c1-2-30-22(29)19-20(27)25(13-10-15-6-4-3-5-7-15)18-14-17(24-26(18)21(19)28)16-8-11-23-12-9-16/h3-9,11-12,14,19H,2,10,13H2,1H3. The second-order valence-electron chi connectivity index (χ2n) is 6.78. The van der Waals surface area contributed by atoms with Crippen LogP contribution in [0.4, 0.5) is 5.82 Å². The molecule has 8 nitrogen and oxygen atoms in total. The van der Waals surface area contributed by atoms with Crippen LogP contribution in [0.25, 0.3) is 11.3 Å². The number of benzene rings is 1. The molecule has 3 aromatic rings. The summed E-state index contributed by atoms with van der Waals surface area (Å²) in [7, 11) is 0. The van der Waals surface area contributed by atoms with Gasteiger partial charge in [0.2, 0.25) is 5.92 Å². The van der Waals surface area contributed by atoms with Gasteiger partial charge in [-0.3, -0.25) is 24.3 Å². The number of amides is 1. The highest BCUT2D eigenvalue weighted by molar-refractivity contribution is 6.23. The average Bonchev–Trinajstić information content (AvgIpc) is 3.21. The summed E-state index contributed by atoms with van der Waals surface area (Å²) < 4.78 is 6.11. The molecule has 0 radical (unpaired) electrons. The molecule has 0 bridgehead atoms. The van der Waals surface area contributed by atoms with Crippen LogP contribution in [0.2, 0.25) is 0 Å². The molecule has 0 saturated heterocycles. The van der Waals surface area contributed by atoms with Crippen LogP contribution in [0.15, 0.2) is 60.9 Å². The number of pyridine rings is 1. The van der Waals surface area contributed by atoms with Crippen molar-refractivity contribution in [2.24, 2.45) is 5.92 Å². The first-order valence-corrected chi connectivity index (χ1v) is 9.66. The molecule has 1 aromatic carbocycles. The third kappa shape index (κ3) is 3.59. The number of aromatic nitrogens is 3. The summed E-state index contributed by atoms with van der Waals surface area (Å²) in [6, 6.07) is 14.9. The first kappa shape index (κ1) is 19.5. The number of carbonyl (C=O) groups is 3. The molecule has 4 rings (SSSR count). The van der Waals surface area contributed by atoms with E-state index in [0.29, 0.717) is 24.5 Å². The minimum Gasteiger partial charge on any atom is -0.465 e. The lowest BCUT2D eigenvalue weighted by Gasteiger charge is -2.30. The van der Waals surface area contributed by atoms with Gasteiger partial charge in [0, 0.05) is 30.6 Å². The van der Waals surface area contributed by atoms with Crippen molar-refractivity contribution in [2.75, 3.05) is 18.1 Å².